The van der Waals surface area contributed by atoms with Gasteiger partial charge in [-0.05, 0) is 25.7 Å². The maximum Gasteiger partial charge on any atom is 0.486 e. The van der Waals surface area contributed by atoms with Crippen LogP contribution in [0.4, 0.5) is 0 Å². The average Bonchev–Trinajstić information content (AvgIpc) is 3.09. The molecule has 4 atom stereocenters. The van der Waals surface area contributed by atoms with E-state index in [9.17, 15) is 37.9 Å². The summed E-state index contributed by atoms with van der Waals surface area (Å²) in [4.78, 5) is 32.9. The third kappa shape index (κ3) is 33.3. The van der Waals surface area contributed by atoms with Crippen LogP contribution in [0.25, 0.3) is 0 Å². The zero-order valence-corrected chi connectivity index (χ0v) is 38.9. The van der Waals surface area contributed by atoms with Crippen LogP contribution in [0.15, 0.2) is 0 Å². The van der Waals surface area contributed by atoms with E-state index in [1.54, 1.807) is 0 Å². The number of unbranched alkanes of at least 4 members (excludes halogenated alkanes) is 20. The minimum absolute atomic E-state index is 0. The van der Waals surface area contributed by atoms with Crippen LogP contribution in [0, 0.1) is 0 Å². The molecule has 328 valence electrons. The molecule has 0 aromatic carbocycles. The maximum atomic E-state index is 13.8. The standard InChI is InChI=1S/C34H71O16P4.Ti/c1-5-9-13-17-21-25-29-43-51(37,38)49-53(41,45-31-27-23-19-15-11-7-3)47-34(36,33-35)48-54(42,46-32-28-24-20-16-12-8-4)50-52(39,40)44-30-26-22-18-14-10-6-2;/h36H,5-32H2,1-4H3,(H,37,38)(H,39,40);/q-1;. The third-order valence-electron chi connectivity index (χ3n) is 8.01. The van der Waals surface area contributed by atoms with Gasteiger partial charge in [-0.15, -0.1) is 0 Å². The SMILES string of the molecule is CCCCCCCCOP(=O)(O)OP(=O)(OCCCCCCCC)OC(O)([C-]=O)OP(=O)(OCCCCCCCC)OP(=O)(O)OCCCCCCCC.[Ti]. The van der Waals surface area contributed by atoms with E-state index in [-0.39, 0.29) is 47.8 Å². The first-order chi connectivity index (χ1) is 25.6. The van der Waals surface area contributed by atoms with E-state index in [1.807, 2.05) is 0 Å². The predicted octanol–water partition coefficient (Wildman–Crippen LogP) is 11.7. The third-order valence-corrected chi connectivity index (χ3v) is 14.2. The number of phosphoric ester groups is 4. The predicted molar refractivity (Wildman–Crippen MR) is 207 cm³/mol. The Morgan fingerprint density at radius 1 is 0.436 bits per heavy atom. The van der Waals surface area contributed by atoms with Crippen LogP contribution in [0.2, 0.25) is 0 Å². The van der Waals surface area contributed by atoms with Gasteiger partial charge in [0.1, 0.15) is 0 Å². The number of carbonyl (C=O) groups excluding carboxylic acids is 1. The molecule has 0 radical (unpaired) electrons. The Morgan fingerprint density at radius 3 is 0.927 bits per heavy atom. The Bertz CT molecular complexity index is 1060. The van der Waals surface area contributed by atoms with E-state index >= 15 is 0 Å². The van der Waals surface area contributed by atoms with Gasteiger partial charge in [-0.2, -0.15) is 14.9 Å². The molecule has 0 aliphatic carbocycles. The molecule has 4 unspecified atom stereocenters. The Kier molecular flexibility index (Phi) is 36.4. The molecule has 0 aromatic rings. The molecule has 0 saturated carbocycles. The summed E-state index contributed by atoms with van der Waals surface area (Å²) in [7, 11) is -21.5. The fraction of sp³-hybridized carbons (Fsp3) is 0.971. The van der Waals surface area contributed by atoms with Crippen molar-refractivity contribution in [3.05, 3.63) is 0 Å². The van der Waals surface area contributed by atoms with Crippen LogP contribution in [0.5, 0.6) is 0 Å². The van der Waals surface area contributed by atoms with Crippen molar-refractivity contribution in [2.45, 2.75) is 188 Å². The van der Waals surface area contributed by atoms with E-state index in [1.165, 1.54) is 0 Å². The van der Waals surface area contributed by atoms with Crippen molar-refractivity contribution >= 4 is 37.6 Å². The molecule has 21 heteroatoms. The summed E-state index contributed by atoms with van der Waals surface area (Å²) >= 11 is 0. The van der Waals surface area contributed by atoms with Crippen LogP contribution in [-0.2, 0) is 80.5 Å². The van der Waals surface area contributed by atoms with Gasteiger partial charge < -0.3 is 19.7 Å². The largest absolute Gasteiger partial charge is 0.534 e. The molecule has 0 amide bonds. The number of hydrogen-bond donors (Lipinski definition) is 3. The van der Waals surface area contributed by atoms with Crippen LogP contribution in [0.1, 0.15) is 182 Å². The molecule has 0 rings (SSSR count). The van der Waals surface area contributed by atoms with Gasteiger partial charge in [-0.25, -0.2) is 18.3 Å². The molecular formula is C34H71O16P4Ti-. The van der Waals surface area contributed by atoms with Gasteiger partial charge in [0.25, 0.3) is 0 Å². The minimum atomic E-state index is -5.50. The summed E-state index contributed by atoms with van der Waals surface area (Å²) in [6.07, 6.45) is 20.0. The zero-order valence-electron chi connectivity index (χ0n) is 33.7. The molecule has 16 nitrogen and oxygen atoms in total. The first kappa shape index (κ1) is 58.0. The van der Waals surface area contributed by atoms with Gasteiger partial charge >= 0.3 is 31.3 Å². The summed E-state index contributed by atoms with van der Waals surface area (Å²) in [5, 5.41) is 11.0. The van der Waals surface area contributed by atoms with Crippen molar-refractivity contribution in [3.8, 4) is 0 Å². The van der Waals surface area contributed by atoms with Gasteiger partial charge in [0, 0.05) is 21.7 Å². The van der Waals surface area contributed by atoms with Crippen LogP contribution in [0.3, 0.4) is 0 Å². The van der Waals surface area contributed by atoms with Crippen molar-refractivity contribution < 1.29 is 95.4 Å². The van der Waals surface area contributed by atoms with Gasteiger partial charge in [0.15, 0.2) is 5.97 Å². The maximum absolute atomic E-state index is 13.8. The first-order valence-corrected chi connectivity index (χ1v) is 25.9. The zero-order chi connectivity index (χ0) is 40.7. The Labute approximate surface area is 345 Å². The smallest absolute Gasteiger partial charge is 0.486 e. The first-order valence-electron chi connectivity index (χ1n) is 20.0. The summed E-state index contributed by atoms with van der Waals surface area (Å²) in [6.45, 7) is 6.92. The summed E-state index contributed by atoms with van der Waals surface area (Å²) in [5.74, 6) is -3.99. The van der Waals surface area contributed by atoms with E-state index in [2.05, 4.69) is 27.7 Å². The molecular weight excluding hydrogens is 836 g/mol. The van der Waals surface area contributed by atoms with Crippen molar-refractivity contribution in [2.75, 3.05) is 26.4 Å². The van der Waals surface area contributed by atoms with Gasteiger partial charge in [0.2, 0.25) is 0 Å². The quantitative estimate of drug-likeness (QED) is 0.0171. The molecule has 0 bridgehead atoms. The van der Waals surface area contributed by atoms with Crippen LogP contribution < -0.4 is 0 Å². The molecule has 0 aromatic heterocycles. The van der Waals surface area contributed by atoms with Crippen molar-refractivity contribution in [3.63, 3.8) is 0 Å². The second-order valence-electron chi connectivity index (χ2n) is 13.3. The molecule has 0 saturated heterocycles. The normalized spacial score (nSPS) is 17.3. The number of hydrogen-bond acceptors (Lipinski definition) is 14. The Hall–Kier alpha value is 0.864. The van der Waals surface area contributed by atoms with Crippen molar-refractivity contribution in [1.82, 2.24) is 0 Å². The van der Waals surface area contributed by atoms with Crippen molar-refractivity contribution in [1.29, 1.82) is 0 Å². The molecule has 3 N–H and O–H groups in total. The summed E-state index contributed by atoms with van der Waals surface area (Å²) < 4.78 is 92.6. The fourth-order valence-electron chi connectivity index (χ4n) is 5.03. The van der Waals surface area contributed by atoms with Gasteiger partial charge in [0.05, 0.1) is 26.4 Å². The fourth-order valence-corrected chi connectivity index (χ4v) is 10.4. The van der Waals surface area contributed by atoms with Gasteiger partial charge in [-0.3, -0.25) is 27.1 Å². The molecule has 0 aliphatic rings. The molecule has 0 spiro atoms. The van der Waals surface area contributed by atoms with E-state index in [4.69, 9.17) is 35.8 Å². The van der Waals surface area contributed by atoms with Crippen molar-refractivity contribution in [2.24, 2.45) is 0 Å². The topological polar surface area (TPSA) is 220 Å². The summed E-state index contributed by atoms with van der Waals surface area (Å²) in [6, 6.07) is 0. The minimum Gasteiger partial charge on any atom is -0.534 e. The van der Waals surface area contributed by atoms with Gasteiger partial charge in [-0.1, -0.05) is 156 Å². The molecule has 0 aliphatic heterocycles. The van der Waals surface area contributed by atoms with E-state index < -0.39 is 50.5 Å². The number of rotatable bonds is 41. The molecule has 0 fully saturated rings. The van der Waals surface area contributed by atoms with Crippen LogP contribution in [-0.4, -0.2) is 53.6 Å². The Balaban J connectivity index is 0. The average molecular weight is 908 g/mol. The van der Waals surface area contributed by atoms with Crippen LogP contribution >= 0.6 is 31.3 Å². The second kappa shape index (κ2) is 34.6. The molecule has 55 heavy (non-hydrogen) atoms. The monoisotopic (exact) mass is 907 g/mol. The Morgan fingerprint density at radius 2 is 0.673 bits per heavy atom. The second-order valence-corrected chi connectivity index (χ2v) is 19.6. The van der Waals surface area contributed by atoms with E-state index in [0.29, 0.717) is 38.5 Å². The molecule has 0 heterocycles. The van der Waals surface area contributed by atoms with E-state index in [0.717, 1.165) is 109 Å². The summed E-state index contributed by atoms with van der Waals surface area (Å²) in [5.41, 5.74) is 0. The number of aliphatic hydroxyl groups is 1. The number of phosphoric acid groups is 4.